The Labute approximate surface area is 169 Å². The van der Waals surface area contributed by atoms with E-state index in [0.717, 1.165) is 21.5 Å². The molecule has 1 aliphatic heterocycles. The van der Waals surface area contributed by atoms with Gasteiger partial charge in [0.2, 0.25) is 0 Å². The van der Waals surface area contributed by atoms with Crippen molar-refractivity contribution < 1.29 is 18.8 Å². The second-order valence-electron chi connectivity index (χ2n) is 6.45. The standard InChI is InChI=1S/C21H17N3O4S/c1-2-24-15-11-17-18(27-9-8-26-17)12-19(15)29-21(24)22-20(25)14-10-16(28-23-14)13-6-4-3-5-7-13/h3-7,10-12H,2,8-9H2,1H3. The molecule has 146 valence electrons. The van der Waals surface area contributed by atoms with Crippen LogP contribution < -0.4 is 14.3 Å². The molecule has 0 N–H and O–H groups in total. The number of nitrogens with zero attached hydrogens (tertiary/aromatic N) is 3. The van der Waals surface area contributed by atoms with Crippen LogP contribution in [0.15, 0.2) is 58.0 Å². The molecule has 0 fully saturated rings. The molecule has 4 aromatic rings. The van der Waals surface area contributed by atoms with Gasteiger partial charge < -0.3 is 18.6 Å². The van der Waals surface area contributed by atoms with Crippen LogP contribution in [-0.4, -0.2) is 28.8 Å². The largest absolute Gasteiger partial charge is 0.486 e. The van der Waals surface area contributed by atoms with Crippen LogP contribution in [0, 0.1) is 0 Å². The van der Waals surface area contributed by atoms with Crippen LogP contribution in [0.5, 0.6) is 11.5 Å². The zero-order valence-electron chi connectivity index (χ0n) is 15.6. The number of hydrogen-bond donors (Lipinski definition) is 0. The summed E-state index contributed by atoms with van der Waals surface area (Å²) in [5, 5.41) is 3.90. The van der Waals surface area contributed by atoms with Gasteiger partial charge in [-0.05, 0) is 6.92 Å². The first-order valence-electron chi connectivity index (χ1n) is 9.27. The molecule has 7 nitrogen and oxygen atoms in total. The van der Waals surface area contributed by atoms with Gasteiger partial charge in [-0.2, -0.15) is 4.99 Å². The summed E-state index contributed by atoms with van der Waals surface area (Å²) in [6.45, 7) is 3.74. The lowest BCUT2D eigenvalue weighted by Gasteiger charge is -2.18. The molecule has 0 atom stereocenters. The van der Waals surface area contributed by atoms with Crippen molar-refractivity contribution in [3.63, 3.8) is 0 Å². The van der Waals surface area contributed by atoms with Crippen molar-refractivity contribution in [2.75, 3.05) is 13.2 Å². The van der Waals surface area contributed by atoms with Gasteiger partial charge >= 0.3 is 5.91 Å². The number of carbonyl (C=O) groups is 1. The van der Waals surface area contributed by atoms with Crippen LogP contribution in [0.2, 0.25) is 0 Å². The van der Waals surface area contributed by atoms with E-state index in [0.29, 0.717) is 36.1 Å². The fourth-order valence-electron chi connectivity index (χ4n) is 3.26. The number of aromatic nitrogens is 2. The lowest BCUT2D eigenvalue weighted by atomic mass is 10.1. The maximum atomic E-state index is 12.7. The Hall–Kier alpha value is -3.39. The summed E-state index contributed by atoms with van der Waals surface area (Å²) in [7, 11) is 0. The molecular formula is C21H17N3O4S. The maximum Gasteiger partial charge on any atom is 0.301 e. The van der Waals surface area contributed by atoms with Gasteiger partial charge in [-0.25, -0.2) is 0 Å². The monoisotopic (exact) mass is 407 g/mol. The molecule has 3 heterocycles. The fraction of sp³-hybridized carbons (Fsp3) is 0.190. The van der Waals surface area contributed by atoms with Crippen molar-refractivity contribution in [1.82, 2.24) is 9.72 Å². The van der Waals surface area contributed by atoms with E-state index in [-0.39, 0.29) is 5.69 Å². The molecule has 5 rings (SSSR count). The molecule has 0 spiro atoms. The lowest BCUT2D eigenvalue weighted by molar-refractivity contribution is 0.0989. The van der Waals surface area contributed by atoms with E-state index in [1.165, 1.54) is 11.3 Å². The third-order valence-corrected chi connectivity index (χ3v) is 5.69. The van der Waals surface area contributed by atoms with E-state index in [9.17, 15) is 4.79 Å². The number of benzene rings is 2. The molecule has 2 aromatic heterocycles. The molecule has 0 saturated carbocycles. The second-order valence-corrected chi connectivity index (χ2v) is 7.46. The third kappa shape index (κ3) is 3.21. The van der Waals surface area contributed by atoms with Crippen molar-refractivity contribution in [2.24, 2.45) is 4.99 Å². The Morgan fingerprint density at radius 2 is 1.90 bits per heavy atom. The first-order chi connectivity index (χ1) is 14.2. The van der Waals surface area contributed by atoms with Crippen LogP contribution in [0.1, 0.15) is 17.4 Å². The van der Waals surface area contributed by atoms with Crippen molar-refractivity contribution in [1.29, 1.82) is 0 Å². The average Bonchev–Trinajstić information content (AvgIpc) is 3.37. The molecule has 1 aliphatic rings. The van der Waals surface area contributed by atoms with E-state index >= 15 is 0 Å². The fourth-order valence-corrected chi connectivity index (χ4v) is 4.36. The molecule has 0 aliphatic carbocycles. The average molecular weight is 407 g/mol. The van der Waals surface area contributed by atoms with E-state index in [4.69, 9.17) is 14.0 Å². The number of rotatable bonds is 3. The van der Waals surface area contributed by atoms with Crippen LogP contribution in [-0.2, 0) is 6.54 Å². The van der Waals surface area contributed by atoms with Gasteiger partial charge in [0.15, 0.2) is 27.8 Å². The molecule has 0 saturated heterocycles. The molecule has 8 heteroatoms. The quantitative estimate of drug-likeness (QED) is 0.515. The Bertz CT molecular complexity index is 1270. The van der Waals surface area contributed by atoms with Gasteiger partial charge in [-0.3, -0.25) is 4.79 Å². The first-order valence-corrected chi connectivity index (χ1v) is 10.1. The van der Waals surface area contributed by atoms with Crippen molar-refractivity contribution >= 4 is 27.5 Å². The summed E-state index contributed by atoms with van der Waals surface area (Å²) in [4.78, 5) is 17.6. The minimum absolute atomic E-state index is 0.176. The summed E-state index contributed by atoms with van der Waals surface area (Å²) in [5.41, 5.74) is 1.99. The molecule has 0 radical (unpaired) electrons. The van der Waals surface area contributed by atoms with Crippen molar-refractivity contribution in [2.45, 2.75) is 13.5 Å². The third-order valence-electron chi connectivity index (χ3n) is 4.65. The van der Waals surface area contributed by atoms with Crippen molar-refractivity contribution in [3.05, 3.63) is 59.0 Å². The second kappa shape index (κ2) is 7.21. The predicted molar refractivity (Wildman–Crippen MR) is 108 cm³/mol. The summed E-state index contributed by atoms with van der Waals surface area (Å²) in [6, 6.07) is 15.0. The highest BCUT2D eigenvalue weighted by Gasteiger charge is 2.17. The molecule has 1 amide bonds. The highest BCUT2D eigenvalue weighted by Crippen LogP contribution is 2.35. The SMILES string of the molecule is CCn1c(=NC(=O)c2cc(-c3ccccc3)on2)sc2cc3c(cc21)OCCO3. The minimum atomic E-state index is -0.443. The highest BCUT2D eigenvalue weighted by atomic mass is 32.1. The van der Waals surface area contributed by atoms with E-state index in [1.807, 2.05) is 54.0 Å². The topological polar surface area (TPSA) is 78.9 Å². The first kappa shape index (κ1) is 17.7. The number of hydrogen-bond acceptors (Lipinski definition) is 6. The van der Waals surface area contributed by atoms with Gasteiger partial charge in [0.05, 0.1) is 10.2 Å². The summed E-state index contributed by atoms with van der Waals surface area (Å²) in [6.07, 6.45) is 0. The molecule has 2 aromatic carbocycles. The number of carbonyl (C=O) groups excluding carboxylic acids is 1. The van der Waals surface area contributed by atoms with Crippen LogP contribution in [0.4, 0.5) is 0 Å². The Balaban J connectivity index is 1.54. The van der Waals surface area contributed by atoms with Gasteiger partial charge in [0.25, 0.3) is 0 Å². The molecule has 0 unspecified atom stereocenters. The van der Waals surface area contributed by atoms with Crippen LogP contribution >= 0.6 is 11.3 Å². The molecular weight excluding hydrogens is 390 g/mol. The van der Waals surface area contributed by atoms with E-state index in [1.54, 1.807) is 6.07 Å². The predicted octanol–water partition coefficient (Wildman–Crippen LogP) is 3.89. The van der Waals surface area contributed by atoms with Crippen molar-refractivity contribution in [3.8, 4) is 22.8 Å². The molecule has 29 heavy (non-hydrogen) atoms. The normalized spacial score (nSPS) is 13.8. The Morgan fingerprint density at radius 3 is 2.66 bits per heavy atom. The summed E-state index contributed by atoms with van der Waals surface area (Å²) < 4.78 is 19.6. The smallest absolute Gasteiger partial charge is 0.301 e. The number of thiazole rings is 1. The van der Waals surface area contributed by atoms with E-state index in [2.05, 4.69) is 10.1 Å². The number of ether oxygens (including phenoxy) is 2. The summed E-state index contributed by atoms with van der Waals surface area (Å²) in [5.74, 6) is 1.52. The van der Waals surface area contributed by atoms with E-state index < -0.39 is 5.91 Å². The zero-order chi connectivity index (χ0) is 19.8. The number of fused-ring (bicyclic) bond motifs is 2. The maximum absolute atomic E-state index is 12.7. The van der Waals surface area contributed by atoms with Crippen LogP contribution in [0.3, 0.4) is 0 Å². The Kier molecular flexibility index (Phi) is 4.40. The Morgan fingerprint density at radius 1 is 1.14 bits per heavy atom. The van der Waals surface area contributed by atoms with Crippen LogP contribution in [0.25, 0.3) is 21.5 Å². The van der Waals surface area contributed by atoms with Gasteiger partial charge in [0, 0.05) is 30.3 Å². The highest BCUT2D eigenvalue weighted by molar-refractivity contribution is 7.16. The number of amides is 1. The van der Waals surface area contributed by atoms with Gasteiger partial charge in [-0.1, -0.05) is 46.8 Å². The zero-order valence-corrected chi connectivity index (χ0v) is 16.4. The molecule has 0 bridgehead atoms. The lowest BCUT2D eigenvalue weighted by Crippen LogP contribution is -2.17. The number of aryl methyl sites for hydroxylation is 1. The summed E-state index contributed by atoms with van der Waals surface area (Å²) >= 11 is 1.43. The van der Waals surface area contributed by atoms with Gasteiger partial charge in [0.1, 0.15) is 13.2 Å². The van der Waals surface area contributed by atoms with Gasteiger partial charge in [-0.15, -0.1) is 0 Å². The minimum Gasteiger partial charge on any atom is -0.486 e.